The lowest BCUT2D eigenvalue weighted by molar-refractivity contribution is 0.102. The van der Waals surface area contributed by atoms with Gasteiger partial charge in [0.1, 0.15) is 0 Å². The summed E-state index contributed by atoms with van der Waals surface area (Å²) in [5, 5.41) is 2.72. The van der Waals surface area contributed by atoms with Crippen molar-refractivity contribution >= 4 is 11.6 Å². The fourth-order valence-corrected chi connectivity index (χ4v) is 1.30. The Labute approximate surface area is 98.5 Å². The molecule has 0 spiro atoms. The number of hydrogen-bond donors (Lipinski definition) is 1. The Balaban J connectivity index is 2.14. The number of nitrogens with zero attached hydrogens (tertiary/aromatic N) is 2. The van der Waals surface area contributed by atoms with E-state index >= 15 is 0 Å². The van der Waals surface area contributed by atoms with E-state index in [1.54, 1.807) is 36.7 Å². The zero-order valence-corrected chi connectivity index (χ0v) is 9.25. The molecule has 0 aliphatic carbocycles. The van der Waals surface area contributed by atoms with Crippen LogP contribution in [0.1, 0.15) is 10.4 Å². The standard InChI is InChI=1S/C12H11N3O2/c1-17-11-7-9(4-6-14-11)12(16)15-10-3-2-5-13-8-10/h2-8H,1H3,(H,15,16). The van der Waals surface area contributed by atoms with Crippen molar-refractivity contribution in [2.45, 2.75) is 0 Å². The fraction of sp³-hybridized carbons (Fsp3) is 0.0833. The molecule has 2 aromatic heterocycles. The normalized spacial score (nSPS) is 9.71. The molecule has 0 saturated heterocycles. The Bertz CT molecular complexity index is 514. The van der Waals surface area contributed by atoms with Gasteiger partial charge < -0.3 is 10.1 Å². The maximum atomic E-state index is 11.9. The van der Waals surface area contributed by atoms with Gasteiger partial charge in [0.25, 0.3) is 5.91 Å². The predicted octanol–water partition coefficient (Wildman–Crippen LogP) is 1.74. The highest BCUT2D eigenvalue weighted by molar-refractivity contribution is 6.04. The molecule has 5 nitrogen and oxygen atoms in total. The summed E-state index contributed by atoms with van der Waals surface area (Å²) in [5.41, 5.74) is 1.13. The Morgan fingerprint density at radius 2 is 2.24 bits per heavy atom. The first kappa shape index (κ1) is 11.1. The summed E-state index contributed by atoms with van der Waals surface area (Å²) in [4.78, 5) is 19.7. The van der Waals surface area contributed by atoms with Crippen LogP contribution >= 0.6 is 0 Å². The van der Waals surface area contributed by atoms with Crippen LogP contribution in [0.3, 0.4) is 0 Å². The SMILES string of the molecule is COc1cc(C(=O)Nc2cccnc2)ccn1. The molecule has 2 heterocycles. The van der Waals surface area contributed by atoms with Gasteiger partial charge in [-0.25, -0.2) is 4.98 Å². The van der Waals surface area contributed by atoms with Crippen molar-refractivity contribution in [1.82, 2.24) is 9.97 Å². The van der Waals surface area contributed by atoms with Gasteiger partial charge in [0.2, 0.25) is 5.88 Å². The smallest absolute Gasteiger partial charge is 0.255 e. The Morgan fingerprint density at radius 3 is 2.94 bits per heavy atom. The summed E-state index contributed by atoms with van der Waals surface area (Å²) in [7, 11) is 1.51. The number of anilines is 1. The third kappa shape index (κ3) is 2.78. The van der Waals surface area contributed by atoms with Crippen LogP contribution in [0.5, 0.6) is 5.88 Å². The van der Waals surface area contributed by atoms with Crippen molar-refractivity contribution in [3.8, 4) is 5.88 Å². The number of rotatable bonds is 3. The molecular formula is C12H11N3O2. The van der Waals surface area contributed by atoms with Gasteiger partial charge in [0.15, 0.2) is 0 Å². The van der Waals surface area contributed by atoms with Crippen LogP contribution in [0, 0.1) is 0 Å². The molecule has 1 N–H and O–H groups in total. The molecule has 0 radical (unpaired) electrons. The number of methoxy groups -OCH3 is 1. The van der Waals surface area contributed by atoms with Crippen molar-refractivity contribution in [1.29, 1.82) is 0 Å². The van der Waals surface area contributed by atoms with Gasteiger partial charge in [-0.05, 0) is 18.2 Å². The molecule has 17 heavy (non-hydrogen) atoms. The van der Waals surface area contributed by atoms with Gasteiger partial charge in [-0.3, -0.25) is 9.78 Å². The van der Waals surface area contributed by atoms with E-state index in [-0.39, 0.29) is 5.91 Å². The third-order valence-electron chi connectivity index (χ3n) is 2.13. The second-order valence-electron chi connectivity index (χ2n) is 3.28. The summed E-state index contributed by atoms with van der Waals surface area (Å²) in [6.07, 6.45) is 4.75. The van der Waals surface area contributed by atoms with Crippen LogP contribution in [0.15, 0.2) is 42.9 Å². The number of carbonyl (C=O) groups is 1. The average molecular weight is 229 g/mol. The van der Waals surface area contributed by atoms with Crippen molar-refractivity contribution in [3.63, 3.8) is 0 Å². The molecule has 2 rings (SSSR count). The van der Waals surface area contributed by atoms with E-state index in [1.807, 2.05) is 0 Å². The number of amides is 1. The molecule has 0 bridgehead atoms. The largest absolute Gasteiger partial charge is 0.481 e. The quantitative estimate of drug-likeness (QED) is 0.870. The average Bonchev–Trinajstić information content (AvgIpc) is 2.40. The third-order valence-corrected chi connectivity index (χ3v) is 2.13. The fourth-order valence-electron chi connectivity index (χ4n) is 1.30. The summed E-state index contributed by atoms with van der Waals surface area (Å²) < 4.78 is 4.95. The zero-order valence-electron chi connectivity index (χ0n) is 9.25. The van der Waals surface area contributed by atoms with Gasteiger partial charge in [-0.15, -0.1) is 0 Å². The van der Waals surface area contributed by atoms with Crippen LogP contribution in [0.4, 0.5) is 5.69 Å². The van der Waals surface area contributed by atoms with E-state index in [0.717, 1.165) is 0 Å². The van der Waals surface area contributed by atoms with Gasteiger partial charge in [-0.2, -0.15) is 0 Å². The molecule has 0 saturated carbocycles. The highest BCUT2D eigenvalue weighted by Gasteiger charge is 2.07. The lowest BCUT2D eigenvalue weighted by Gasteiger charge is -2.05. The molecule has 0 aromatic carbocycles. The van der Waals surface area contributed by atoms with E-state index < -0.39 is 0 Å². The summed E-state index contributed by atoms with van der Waals surface area (Å²) in [5.74, 6) is 0.183. The number of carbonyl (C=O) groups excluding carboxylic acids is 1. The lowest BCUT2D eigenvalue weighted by Crippen LogP contribution is -2.12. The van der Waals surface area contributed by atoms with Crippen LogP contribution in [-0.4, -0.2) is 23.0 Å². The van der Waals surface area contributed by atoms with Crippen molar-refractivity contribution in [2.24, 2.45) is 0 Å². The van der Waals surface area contributed by atoms with Crippen LogP contribution in [0.2, 0.25) is 0 Å². The predicted molar refractivity (Wildman–Crippen MR) is 63.0 cm³/mol. The topological polar surface area (TPSA) is 64.1 Å². The molecule has 0 atom stereocenters. The van der Waals surface area contributed by atoms with Crippen molar-refractivity contribution < 1.29 is 9.53 Å². The minimum absolute atomic E-state index is 0.223. The first-order valence-electron chi connectivity index (χ1n) is 5.01. The van der Waals surface area contributed by atoms with Crippen LogP contribution < -0.4 is 10.1 Å². The maximum absolute atomic E-state index is 11.9. The summed E-state index contributed by atoms with van der Waals surface area (Å²) in [6, 6.07) is 6.71. The number of hydrogen-bond acceptors (Lipinski definition) is 4. The number of nitrogens with one attached hydrogen (secondary N) is 1. The number of ether oxygens (including phenoxy) is 1. The minimum Gasteiger partial charge on any atom is -0.481 e. The van der Waals surface area contributed by atoms with Crippen LogP contribution in [0.25, 0.3) is 0 Å². The molecule has 0 aliphatic heterocycles. The van der Waals surface area contributed by atoms with E-state index in [2.05, 4.69) is 15.3 Å². The lowest BCUT2D eigenvalue weighted by atomic mass is 10.2. The molecular weight excluding hydrogens is 218 g/mol. The molecule has 1 amide bonds. The minimum atomic E-state index is -0.223. The number of pyridine rings is 2. The van der Waals surface area contributed by atoms with Crippen molar-refractivity contribution in [2.75, 3.05) is 12.4 Å². The second kappa shape index (κ2) is 5.07. The molecule has 0 fully saturated rings. The number of aromatic nitrogens is 2. The highest BCUT2D eigenvalue weighted by Crippen LogP contribution is 2.11. The van der Waals surface area contributed by atoms with Crippen LogP contribution in [-0.2, 0) is 0 Å². The molecule has 86 valence electrons. The molecule has 0 aliphatic rings. The Morgan fingerprint density at radius 1 is 1.35 bits per heavy atom. The first-order valence-corrected chi connectivity index (χ1v) is 5.01. The summed E-state index contributed by atoms with van der Waals surface area (Å²) in [6.45, 7) is 0. The second-order valence-corrected chi connectivity index (χ2v) is 3.28. The zero-order chi connectivity index (χ0) is 12.1. The van der Waals surface area contributed by atoms with Gasteiger partial charge >= 0.3 is 0 Å². The first-order chi connectivity index (χ1) is 8.29. The molecule has 2 aromatic rings. The van der Waals surface area contributed by atoms with E-state index in [1.165, 1.54) is 13.3 Å². The Kier molecular flexibility index (Phi) is 3.30. The van der Waals surface area contributed by atoms with E-state index in [0.29, 0.717) is 17.1 Å². The summed E-state index contributed by atoms with van der Waals surface area (Å²) >= 11 is 0. The van der Waals surface area contributed by atoms with Crippen molar-refractivity contribution in [3.05, 3.63) is 48.4 Å². The highest BCUT2D eigenvalue weighted by atomic mass is 16.5. The van der Waals surface area contributed by atoms with Gasteiger partial charge in [-0.1, -0.05) is 0 Å². The van der Waals surface area contributed by atoms with Gasteiger partial charge in [0.05, 0.1) is 19.0 Å². The molecule has 5 heteroatoms. The monoisotopic (exact) mass is 229 g/mol. The maximum Gasteiger partial charge on any atom is 0.255 e. The van der Waals surface area contributed by atoms with E-state index in [4.69, 9.17) is 4.74 Å². The molecule has 0 unspecified atom stereocenters. The van der Waals surface area contributed by atoms with E-state index in [9.17, 15) is 4.79 Å². The van der Waals surface area contributed by atoms with Gasteiger partial charge in [0, 0.05) is 24.0 Å². The Hall–Kier alpha value is -2.43.